The van der Waals surface area contributed by atoms with Gasteiger partial charge >= 0.3 is 6.18 Å². The van der Waals surface area contributed by atoms with Gasteiger partial charge in [-0.3, -0.25) is 4.79 Å². The van der Waals surface area contributed by atoms with Crippen LogP contribution in [0.25, 0.3) is 0 Å². The summed E-state index contributed by atoms with van der Waals surface area (Å²) in [7, 11) is 1.36. The lowest BCUT2D eigenvalue weighted by molar-refractivity contribution is -0.134. The Kier molecular flexibility index (Phi) is 13.5. The van der Waals surface area contributed by atoms with Gasteiger partial charge in [0.05, 0.1) is 11.6 Å². The Bertz CT molecular complexity index is 839. The number of rotatable bonds is 16. The van der Waals surface area contributed by atoms with Crippen LogP contribution >= 0.6 is 21.0 Å². The van der Waals surface area contributed by atoms with Crippen molar-refractivity contribution in [1.29, 1.82) is 5.26 Å². The fourth-order valence-electron chi connectivity index (χ4n) is 3.41. The Morgan fingerprint density at radius 3 is 2.14 bits per heavy atom. The van der Waals surface area contributed by atoms with E-state index in [0.717, 1.165) is 50.3 Å². The van der Waals surface area contributed by atoms with Crippen molar-refractivity contribution in [3.8, 4) is 6.07 Å². The SMILES string of the molecule is CC(O)(CCCCCCCCCSCCCC(F)(F)F)C(=O)Nc1ccc(C#N)c(C(F)(F)P)c1. The number of thioether (sulfide) groups is 1. The topological polar surface area (TPSA) is 73.1 Å². The molecule has 35 heavy (non-hydrogen) atoms. The number of hydrogen-bond acceptors (Lipinski definition) is 4. The van der Waals surface area contributed by atoms with Gasteiger partial charge in [0.2, 0.25) is 0 Å². The highest BCUT2D eigenvalue weighted by Crippen LogP contribution is 2.38. The van der Waals surface area contributed by atoms with E-state index in [2.05, 4.69) is 5.32 Å². The third-order valence-electron chi connectivity index (χ3n) is 5.45. The highest BCUT2D eigenvalue weighted by atomic mass is 32.2. The zero-order valence-electron chi connectivity index (χ0n) is 19.9. The minimum Gasteiger partial charge on any atom is -0.380 e. The van der Waals surface area contributed by atoms with Crippen LogP contribution in [0.4, 0.5) is 27.6 Å². The molecule has 2 atom stereocenters. The van der Waals surface area contributed by atoms with E-state index in [1.807, 2.05) is 0 Å². The van der Waals surface area contributed by atoms with Gasteiger partial charge in [0.25, 0.3) is 11.6 Å². The molecule has 0 aromatic heterocycles. The number of alkyl halides is 5. The maximum Gasteiger partial charge on any atom is 0.389 e. The Balaban J connectivity index is 2.23. The number of amides is 1. The Hall–Kier alpha value is -1.43. The highest BCUT2D eigenvalue weighted by Gasteiger charge is 2.32. The molecule has 0 radical (unpaired) electrons. The van der Waals surface area contributed by atoms with Crippen LogP contribution < -0.4 is 5.32 Å². The number of halogens is 5. The molecule has 1 rings (SSSR count). The Morgan fingerprint density at radius 1 is 1.00 bits per heavy atom. The number of unbranched alkanes of at least 4 members (excludes halogenated alkanes) is 6. The van der Waals surface area contributed by atoms with E-state index in [0.29, 0.717) is 12.2 Å². The summed E-state index contributed by atoms with van der Waals surface area (Å²) in [6, 6.07) is 5.26. The van der Waals surface area contributed by atoms with Crippen molar-refractivity contribution in [3.63, 3.8) is 0 Å². The standard InChI is InChI=1S/C24H34F5N2O2PS/c1-22(33,21(32)31-19-11-10-18(17-30)20(16-19)24(28,29)34)12-7-5-3-2-4-6-8-14-35-15-9-13-23(25,26)27/h10-11,16,33H,2-9,12-15,34H2,1H3,(H,31,32). The summed E-state index contributed by atoms with van der Waals surface area (Å²) in [4.78, 5) is 12.5. The molecule has 0 fully saturated rings. The molecule has 0 bridgehead atoms. The molecule has 0 saturated carbocycles. The number of aliphatic hydroxyl groups is 1. The average Bonchev–Trinajstić information content (AvgIpc) is 2.75. The van der Waals surface area contributed by atoms with Crippen molar-refractivity contribution in [3.05, 3.63) is 29.3 Å². The van der Waals surface area contributed by atoms with Gasteiger partial charge in [0, 0.05) is 17.7 Å². The third kappa shape index (κ3) is 13.5. The van der Waals surface area contributed by atoms with Crippen LogP contribution in [0.1, 0.15) is 82.3 Å². The molecule has 198 valence electrons. The molecule has 1 aromatic rings. The van der Waals surface area contributed by atoms with Crippen LogP contribution in [0.5, 0.6) is 0 Å². The van der Waals surface area contributed by atoms with Crippen LogP contribution in [-0.4, -0.2) is 34.3 Å². The molecule has 2 N–H and O–H groups in total. The maximum atomic E-state index is 13.7. The number of nitrogens with one attached hydrogen (secondary N) is 1. The molecule has 2 unspecified atom stereocenters. The van der Waals surface area contributed by atoms with Crippen LogP contribution in [-0.2, 0) is 10.5 Å². The summed E-state index contributed by atoms with van der Waals surface area (Å²) in [5.74, 6) is 0.697. The van der Waals surface area contributed by atoms with Gasteiger partial charge in [-0.05, 0) is 55.9 Å². The van der Waals surface area contributed by atoms with Crippen LogP contribution in [0.15, 0.2) is 18.2 Å². The highest BCUT2D eigenvalue weighted by molar-refractivity contribution is 7.99. The van der Waals surface area contributed by atoms with Crippen molar-refractivity contribution in [2.24, 2.45) is 0 Å². The van der Waals surface area contributed by atoms with E-state index in [4.69, 9.17) is 5.26 Å². The van der Waals surface area contributed by atoms with Crippen LogP contribution in [0.3, 0.4) is 0 Å². The summed E-state index contributed by atoms with van der Waals surface area (Å²) < 4.78 is 63.6. The predicted molar refractivity (Wildman–Crippen MR) is 134 cm³/mol. The van der Waals surface area contributed by atoms with E-state index in [1.54, 1.807) is 17.8 Å². The average molecular weight is 541 g/mol. The molecule has 0 aliphatic rings. The molecule has 1 amide bonds. The van der Waals surface area contributed by atoms with Crippen molar-refractivity contribution in [1.82, 2.24) is 0 Å². The van der Waals surface area contributed by atoms with E-state index in [1.165, 1.54) is 28.3 Å². The number of hydrogen-bond donors (Lipinski definition) is 2. The number of nitriles is 1. The second kappa shape index (κ2) is 15.0. The second-order valence-electron chi connectivity index (χ2n) is 8.78. The van der Waals surface area contributed by atoms with Gasteiger partial charge in [-0.15, -0.1) is 0 Å². The molecule has 0 spiro atoms. The molecular formula is C24H34F5N2O2PS. The van der Waals surface area contributed by atoms with E-state index < -0.39 is 35.3 Å². The first-order chi connectivity index (χ1) is 16.3. The molecule has 0 heterocycles. The lowest BCUT2D eigenvalue weighted by Gasteiger charge is -2.23. The minimum absolute atomic E-state index is 0.0740. The molecular weight excluding hydrogens is 506 g/mol. The first-order valence-electron chi connectivity index (χ1n) is 11.7. The number of benzene rings is 1. The van der Waals surface area contributed by atoms with E-state index in [9.17, 15) is 31.9 Å². The molecule has 11 heteroatoms. The lowest BCUT2D eigenvalue weighted by Crippen LogP contribution is -2.40. The molecule has 0 saturated heterocycles. The first-order valence-corrected chi connectivity index (χ1v) is 13.4. The fourth-order valence-corrected chi connectivity index (χ4v) is 4.61. The zero-order chi connectivity index (χ0) is 26.5. The van der Waals surface area contributed by atoms with Crippen molar-refractivity contribution in [2.45, 2.75) is 88.6 Å². The van der Waals surface area contributed by atoms with Crippen molar-refractivity contribution in [2.75, 3.05) is 16.8 Å². The van der Waals surface area contributed by atoms with E-state index >= 15 is 0 Å². The maximum absolute atomic E-state index is 13.7. The largest absolute Gasteiger partial charge is 0.389 e. The smallest absolute Gasteiger partial charge is 0.380 e. The number of anilines is 1. The first kappa shape index (κ1) is 31.6. The molecule has 0 aliphatic carbocycles. The number of carbonyl (C=O) groups is 1. The summed E-state index contributed by atoms with van der Waals surface area (Å²) in [6.45, 7) is 1.38. The number of nitrogens with zero attached hydrogens (tertiary/aromatic N) is 1. The van der Waals surface area contributed by atoms with Crippen LogP contribution in [0.2, 0.25) is 0 Å². The molecule has 1 aromatic carbocycles. The third-order valence-corrected chi connectivity index (χ3v) is 6.91. The normalized spacial score (nSPS) is 13.8. The second-order valence-corrected chi connectivity index (χ2v) is 10.7. The Labute approximate surface area is 210 Å². The predicted octanol–water partition coefficient (Wildman–Crippen LogP) is 7.37. The van der Waals surface area contributed by atoms with Gasteiger partial charge in [-0.25, -0.2) is 0 Å². The quantitative estimate of drug-likeness (QED) is 0.130. The van der Waals surface area contributed by atoms with Crippen molar-refractivity contribution >= 4 is 32.6 Å². The number of carbonyl (C=O) groups excluding carboxylic acids is 1. The van der Waals surface area contributed by atoms with Gasteiger partial charge in [-0.1, -0.05) is 47.8 Å². The van der Waals surface area contributed by atoms with Gasteiger partial charge in [0.15, 0.2) is 0 Å². The summed E-state index contributed by atoms with van der Waals surface area (Å²) in [6.07, 6.45) is 2.02. The Morgan fingerprint density at radius 2 is 1.57 bits per heavy atom. The van der Waals surface area contributed by atoms with Gasteiger partial charge in [-0.2, -0.15) is 39.0 Å². The summed E-state index contributed by atoms with van der Waals surface area (Å²) in [5, 5.41) is 21.9. The van der Waals surface area contributed by atoms with Crippen LogP contribution in [0, 0.1) is 11.3 Å². The molecule has 4 nitrogen and oxygen atoms in total. The lowest BCUT2D eigenvalue weighted by atomic mass is 9.96. The van der Waals surface area contributed by atoms with Gasteiger partial charge in [0.1, 0.15) is 5.60 Å². The van der Waals surface area contributed by atoms with E-state index in [-0.39, 0.29) is 24.1 Å². The minimum atomic E-state index is -4.07. The van der Waals surface area contributed by atoms with Crippen molar-refractivity contribution < 1.29 is 31.9 Å². The van der Waals surface area contributed by atoms with Gasteiger partial charge < -0.3 is 10.4 Å². The zero-order valence-corrected chi connectivity index (χ0v) is 21.9. The fraction of sp³-hybridized carbons (Fsp3) is 0.667. The molecule has 0 aliphatic heterocycles. The monoisotopic (exact) mass is 540 g/mol. The summed E-state index contributed by atoms with van der Waals surface area (Å²) in [5.41, 5.74) is -5.65. The summed E-state index contributed by atoms with van der Waals surface area (Å²) >= 11 is 1.56.